The standard InChI is InChI=1S/C10H14N/c1-8-4-3-5-10-7-6-9(2)11(8)10/h3-5,9H,6-7H2,1-2H3/q+1. The Labute approximate surface area is 67.7 Å². The number of hydrogen-bond acceptors (Lipinski definition) is 0. The first kappa shape index (κ1) is 6.84. The number of rotatable bonds is 0. The van der Waals surface area contributed by atoms with Gasteiger partial charge in [-0.3, -0.25) is 0 Å². The molecule has 1 aromatic heterocycles. The van der Waals surface area contributed by atoms with Crippen molar-refractivity contribution in [3.8, 4) is 0 Å². The minimum atomic E-state index is 0.714. The fourth-order valence-electron chi connectivity index (χ4n) is 2.01. The number of aryl methyl sites for hydroxylation is 2. The molecule has 1 aliphatic rings. The van der Waals surface area contributed by atoms with Crippen molar-refractivity contribution in [2.75, 3.05) is 0 Å². The molecule has 1 atom stereocenters. The van der Waals surface area contributed by atoms with Crippen LogP contribution in [0.1, 0.15) is 30.8 Å². The maximum Gasteiger partial charge on any atom is 0.182 e. The van der Waals surface area contributed by atoms with Crippen LogP contribution in [-0.4, -0.2) is 0 Å². The van der Waals surface area contributed by atoms with Crippen LogP contribution in [-0.2, 0) is 6.42 Å². The minimum absolute atomic E-state index is 0.714. The highest BCUT2D eigenvalue weighted by Crippen LogP contribution is 2.16. The summed E-state index contributed by atoms with van der Waals surface area (Å²) in [5.74, 6) is 0. The molecular formula is C10H14N+. The third-order valence-electron chi connectivity index (χ3n) is 2.57. The van der Waals surface area contributed by atoms with Crippen molar-refractivity contribution in [2.24, 2.45) is 0 Å². The van der Waals surface area contributed by atoms with Gasteiger partial charge in [-0.25, -0.2) is 0 Å². The Morgan fingerprint density at radius 1 is 1.45 bits per heavy atom. The molecule has 0 bridgehead atoms. The zero-order valence-electron chi connectivity index (χ0n) is 7.17. The van der Waals surface area contributed by atoms with Crippen molar-refractivity contribution in [3.05, 3.63) is 29.6 Å². The molecule has 58 valence electrons. The Bertz CT molecular complexity index is 278. The van der Waals surface area contributed by atoms with E-state index >= 15 is 0 Å². The molecule has 2 heterocycles. The van der Waals surface area contributed by atoms with E-state index in [0.29, 0.717) is 6.04 Å². The van der Waals surface area contributed by atoms with E-state index in [1.807, 2.05) is 0 Å². The second-order valence-corrected chi connectivity index (χ2v) is 3.42. The third-order valence-corrected chi connectivity index (χ3v) is 2.57. The lowest BCUT2D eigenvalue weighted by Gasteiger charge is -2.01. The highest BCUT2D eigenvalue weighted by Gasteiger charge is 2.27. The second kappa shape index (κ2) is 2.33. The van der Waals surface area contributed by atoms with E-state index in [-0.39, 0.29) is 0 Å². The normalized spacial score (nSPS) is 21.8. The Morgan fingerprint density at radius 2 is 2.27 bits per heavy atom. The van der Waals surface area contributed by atoms with Crippen LogP contribution in [0.15, 0.2) is 18.2 Å². The lowest BCUT2D eigenvalue weighted by molar-refractivity contribution is -0.718. The molecule has 11 heavy (non-hydrogen) atoms. The summed E-state index contributed by atoms with van der Waals surface area (Å²) in [5.41, 5.74) is 2.89. The summed E-state index contributed by atoms with van der Waals surface area (Å²) in [6.07, 6.45) is 2.56. The van der Waals surface area contributed by atoms with Gasteiger partial charge >= 0.3 is 0 Å². The monoisotopic (exact) mass is 148 g/mol. The molecule has 0 fully saturated rings. The number of hydrogen-bond donors (Lipinski definition) is 0. The summed E-state index contributed by atoms with van der Waals surface area (Å²) in [7, 11) is 0. The van der Waals surface area contributed by atoms with Crippen LogP contribution >= 0.6 is 0 Å². The van der Waals surface area contributed by atoms with Crippen molar-refractivity contribution < 1.29 is 4.57 Å². The van der Waals surface area contributed by atoms with Crippen LogP contribution in [0.4, 0.5) is 0 Å². The van der Waals surface area contributed by atoms with Gasteiger partial charge in [-0.05, 0) is 13.0 Å². The largest absolute Gasteiger partial charge is 0.198 e. The Balaban J connectivity index is 2.58. The van der Waals surface area contributed by atoms with E-state index in [9.17, 15) is 0 Å². The topological polar surface area (TPSA) is 3.88 Å². The number of pyridine rings is 1. The molecule has 0 radical (unpaired) electrons. The van der Waals surface area contributed by atoms with Crippen LogP contribution in [0.5, 0.6) is 0 Å². The second-order valence-electron chi connectivity index (χ2n) is 3.42. The van der Waals surface area contributed by atoms with Crippen molar-refractivity contribution in [3.63, 3.8) is 0 Å². The van der Waals surface area contributed by atoms with Crippen molar-refractivity contribution in [1.29, 1.82) is 0 Å². The molecular weight excluding hydrogens is 134 g/mol. The Hall–Kier alpha value is -0.850. The zero-order valence-corrected chi connectivity index (χ0v) is 7.17. The Morgan fingerprint density at radius 3 is 3.00 bits per heavy atom. The predicted octanol–water partition coefficient (Wildman–Crippen LogP) is 1.79. The molecule has 1 unspecified atom stereocenters. The van der Waals surface area contributed by atoms with Gasteiger partial charge in [0.25, 0.3) is 0 Å². The third kappa shape index (κ3) is 0.953. The summed E-state index contributed by atoms with van der Waals surface area (Å²) in [4.78, 5) is 0. The van der Waals surface area contributed by atoms with Gasteiger partial charge in [-0.1, -0.05) is 0 Å². The van der Waals surface area contributed by atoms with Crippen LogP contribution in [0.25, 0.3) is 0 Å². The maximum atomic E-state index is 2.44. The summed E-state index contributed by atoms with van der Waals surface area (Å²) in [6.45, 7) is 4.48. The molecule has 1 nitrogen and oxygen atoms in total. The molecule has 0 saturated heterocycles. The van der Waals surface area contributed by atoms with Gasteiger partial charge in [-0.2, -0.15) is 4.57 Å². The van der Waals surface area contributed by atoms with E-state index in [1.54, 1.807) is 0 Å². The highest BCUT2D eigenvalue weighted by atomic mass is 15.0. The summed E-state index contributed by atoms with van der Waals surface area (Å²) in [5, 5.41) is 0. The van der Waals surface area contributed by atoms with Gasteiger partial charge < -0.3 is 0 Å². The van der Waals surface area contributed by atoms with Gasteiger partial charge in [0, 0.05) is 31.9 Å². The van der Waals surface area contributed by atoms with Gasteiger partial charge in [0.15, 0.2) is 17.4 Å². The maximum absolute atomic E-state index is 2.44. The first-order valence-corrected chi connectivity index (χ1v) is 4.29. The number of fused-ring (bicyclic) bond motifs is 1. The molecule has 1 aromatic rings. The summed E-state index contributed by atoms with van der Waals surface area (Å²) in [6, 6.07) is 7.28. The summed E-state index contributed by atoms with van der Waals surface area (Å²) < 4.78 is 2.44. The van der Waals surface area contributed by atoms with Crippen molar-refractivity contribution >= 4 is 0 Å². The molecule has 0 amide bonds. The lowest BCUT2D eigenvalue weighted by atomic mass is 10.2. The number of aromatic nitrogens is 1. The highest BCUT2D eigenvalue weighted by molar-refractivity contribution is 5.05. The van der Waals surface area contributed by atoms with Crippen LogP contribution < -0.4 is 4.57 Å². The Kier molecular flexibility index (Phi) is 1.45. The smallest absolute Gasteiger partial charge is 0.182 e. The predicted molar refractivity (Wildman–Crippen MR) is 44.4 cm³/mol. The van der Waals surface area contributed by atoms with Crippen molar-refractivity contribution in [1.82, 2.24) is 0 Å². The van der Waals surface area contributed by atoms with Crippen molar-refractivity contribution in [2.45, 2.75) is 32.7 Å². The molecule has 0 spiro atoms. The average Bonchev–Trinajstić information content (AvgIpc) is 2.34. The van der Waals surface area contributed by atoms with E-state index in [0.717, 1.165) is 0 Å². The molecule has 1 heteroatoms. The zero-order chi connectivity index (χ0) is 7.84. The summed E-state index contributed by atoms with van der Waals surface area (Å²) >= 11 is 0. The molecule has 0 saturated carbocycles. The van der Waals surface area contributed by atoms with E-state index in [1.165, 1.54) is 24.2 Å². The fourth-order valence-corrected chi connectivity index (χ4v) is 2.01. The SMILES string of the molecule is Cc1cccc2[n+]1C(C)CC2. The van der Waals surface area contributed by atoms with Gasteiger partial charge in [-0.15, -0.1) is 0 Å². The molecule has 0 N–H and O–H groups in total. The quantitative estimate of drug-likeness (QED) is 0.494. The molecule has 0 aliphatic carbocycles. The first-order valence-electron chi connectivity index (χ1n) is 4.29. The van der Waals surface area contributed by atoms with E-state index < -0.39 is 0 Å². The minimum Gasteiger partial charge on any atom is -0.198 e. The van der Waals surface area contributed by atoms with Crippen LogP contribution in [0.3, 0.4) is 0 Å². The van der Waals surface area contributed by atoms with Crippen LogP contribution in [0, 0.1) is 6.92 Å². The first-order chi connectivity index (χ1) is 5.29. The molecule has 2 rings (SSSR count). The molecule has 0 aromatic carbocycles. The van der Waals surface area contributed by atoms with E-state index in [4.69, 9.17) is 0 Å². The molecule has 1 aliphatic heterocycles. The van der Waals surface area contributed by atoms with Gasteiger partial charge in [0.2, 0.25) is 0 Å². The average molecular weight is 148 g/mol. The number of nitrogens with zero attached hydrogens (tertiary/aromatic N) is 1. The lowest BCUT2D eigenvalue weighted by Crippen LogP contribution is -2.39. The van der Waals surface area contributed by atoms with E-state index in [2.05, 4.69) is 36.6 Å². The van der Waals surface area contributed by atoms with Crippen LogP contribution in [0.2, 0.25) is 0 Å². The fraction of sp³-hybridized carbons (Fsp3) is 0.500. The van der Waals surface area contributed by atoms with Gasteiger partial charge in [0.05, 0.1) is 0 Å². The van der Waals surface area contributed by atoms with Gasteiger partial charge in [0.1, 0.15) is 0 Å².